The highest BCUT2D eigenvalue weighted by Gasteiger charge is 2.15. The molecule has 0 bridgehead atoms. The largest absolute Gasteiger partial charge is 0.493 e. The number of aliphatic imine (C=N–C) groups is 1. The molecule has 160 valence electrons. The van der Waals surface area contributed by atoms with Gasteiger partial charge in [0.25, 0.3) is 0 Å². The smallest absolute Gasteiger partial charge is 0.242 e. The van der Waals surface area contributed by atoms with Gasteiger partial charge in [-0.1, -0.05) is 6.07 Å². The molecule has 0 unspecified atom stereocenters. The average molecular weight is 506 g/mol. The van der Waals surface area contributed by atoms with Crippen molar-refractivity contribution < 1.29 is 14.3 Å². The predicted octanol–water partition coefficient (Wildman–Crippen LogP) is 2.98. The van der Waals surface area contributed by atoms with E-state index >= 15 is 0 Å². The molecule has 1 amide bonds. The summed E-state index contributed by atoms with van der Waals surface area (Å²) in [5.41, 5.74) is 1.01. The van der Waals surface area contributed by atoms with Crippen LogP contribution in [-0.2, 0) is 11.3 Å². The van der Waals surface area contributed by atoms with Crippen LogP contribution in [-0.4, -0.2) is 68.6 Å². The fourth-order valence-electron chi connectivity index (χ4n) is 2.68. The van der Waals surface area contributed by atoms with Gasteiger partial charge in [-0.3, -0.25) is 4.79 Å². The van der Waals surface area contributed by atoms with E-state index in [4.69, 9.17) is 9.47 Å². The number of methoxy groups -OCH3 is 1. The summed E-state index contributed by atoms with van der Waals surface area (Å²) in [5.74, 6) is 2.21. The van der Waals surface area contributed by atoms with Crippen molar-refractivity contribution in [2.45, 2.75) is 34.2 Å². The summed E-state index contributed by atoms with van der Waals surface area (Å²) >= 11 is 0. The Hall–Kier alpha value is -1.71. The zero-order chi connectivity index (χ0) is 20.2. The summed E-state index contributed by atoms with van der Waals surface area (Å²) in [7, 11) is 3.50. The number of guanidine groups is 1. The van der Waals surface area contributed by atoms with Crippen LogP contribution in [0.15, 0.2) is 23.2 Å². The van der Waals surface area contributed by atoms with Gasteiger partial charge < -0.3 is 24.6 Å². The lowest BCUT2D eigenvalue weighted by molar-refractivity contribution is -0.131. The molecule has 0 aromatic heterocycles. The fraction of sp³-hybridized carbons (Fsp3) is 0.600. The highest BCUT2D eigenvalue weighted by atomic mass is 127. The number of ether oxygens (including phenoxy) is 2. The number of carbonyl (C=O) groups is 1. The van der Waals surface area contributed by atoms with Crippen molar-refractivity contribution in [1.82, 2.24) is 15.1 Å². The third-order valence-corrected chi connectivity index (χ3v) is 4.12. The van der Waals surface area contributed by atoms with Crippen molar-refractivity contribution in [3.63, 3.8) is 0 Å². The van der Waals surface area contributed by atoms with Gasteiger partial charge in [0.1, 0.15) is 0 Å². The molecule has 1 aromatic carbocycles. The van der Waals surface area contributed by atoms with Gasteiger partial charge in [0.2, 0.25) is 5.91 Å². The number of carbonyl (C=O) groups excluding carboxylic acids is 1. The molecule has 0 radical (unpaired) electrons. The maximum Gasteiger partial charge on any atom is 0.242 e. The van der Waals surface area contributed by atoms with Crippen LogP contribution in [0, 0.1) is 0 Å². The molecule has 0 saturated heterocycles. The highest BCUT2D eigenvalue weighted by molar-refractivity contribution is 14.0. The Labute approximate surface area is 186 Å². The zero-order valence-electron chi connectivity index (χ0n) is 17.9. The van der Waals surface area contributed by atoms with Crippen LogP contribution in [0.2, 0.25) is 0 Å². The number of hydrogen-bond donors (Lipinski definition) is 1. The Balaban J connectivity index is 0.00000729. The maximum absolute atomic E-state index is 12.4. The first-order chi connectivity index (χ1) is 13.0. The maximum atomic E-state index is 12.4. The molecule has 1 aromatic rings. The van der Waals surface area contributed by atoms with E-state index in [0.717, 1.165) is 17.9 Å². The lowest BCUT2D eigenvalue weighted by Gasteiger charge is -2.25. The standard InChI is InChI=1S/C20H34N4O3.HI/c1-7-21-20(23(5)15-19(25)24(8-2)9-3)22-14-16-11-12-17(27-10-4)18(13-16)26-6;/h11-13H,7-10,14-15H2,1-6H3,(H,21,22);1H. The third-order valence-electron chi connectivity index (χ3n) is 4.12. The monoisotopic (exact) mass is 506 g/mol. The van der Waals surface area contributed by atoms with Gasteiger partial charge in [-0.25, -0.2) is 4.99 Å². The zero-order valence-corrected chi connectivity index (χ0v) is 20.3. The number of likely N-dealkylation sites (N-methyl/N-ethyl adjacent to an activating group) is 2. The van der Waals surface area contributed by atoms with Crippen molar-refractivity contribution in [1.29, 1.82) is 0 Å². The summed E-state index contributed by atoms with van der Waals surface area (Å²) in [6, 6.07) is 5.80. The predicted molar refractivity (Wildman–Crippen MR) is 125 cm³/mol. The fourth-order valence-corrected chi connectivity index (χ4v) is 2.68. The molecule has 0 heterocycles. The van der Waals surface area contributed by atoms with Crippen molar-refractivity contribution in [3.8, 4) is 11.5 Å². The molecule has 1 rings (SSSR count). The first-order valence-electron chi connectivity index (χ1n) is 9.57. The molecule has 0 saturated carbocycles. The van der Waals surface area contributed by atoms with Crippen LogP contribution >= 0.6 is 24.0 Å². The van der Waals surface area contributed by atoms with Gasteiger partial charge in [-0.05, 0) is 45.4 Å². The van der Waals surface area contributed by atoms with E-state index in [-0.39, 0.29) is 29.9 Å². The number of amides is 1. The van der Waals surface area contributed by atoms with E-state index in [1.807, 2.05) is 62.7 Å². The summed E-state index contributed by atoms with van der Waals surface area (Å²) in [5, 5.41) is 3.24. The van der Waals surface area contributed by atoms with Crippen molar-refractivity contribution in [2.24, 2.45) is 4.99 Å². The number of hydrogen-bond acceptors (Lipinski definition) is 4. The van der Waals surface area contributed by atoms with Crippen molar-refractivity contribution >= 4 is 35.8 Å². The molecule has 0 aliphatic heterocycles. The van der Waals surface area contributed by atoms with Gasteiger partial charge in [0, 0.05) is 26.7 Å². The van der Waals surface area contributed by atoms with Crippen LogP contribution in [0.1, 0.15) is 33.3 Å². The quantitative estimate of drug-likeness (QED) is 0.300. The summed E-state index contributed by atoms with van der Waals surface area (Å²) in [6.45, 7) is 11.4. The Bertz CT molecular complexity index is 621. The Morgan fingerprint density at radius 2 is 1.82 bits per heavy atom. The topological polar surface area (TPSA) is 66.4 Å². The Morgan fingerprint density at radius 3 is 2.36 bits per heavy atom. The van der Waals surface area contributed by atoms with E-state index in [1.54, 1.807) is 7.11 Å². The van der Waals surface area contributed by atoms with Crippen LogP contribution in [0.3, 0.4) is 0 Å². The van der Waals surface area contributed by atoms with Gasteiger partial charge in [0.05, 0.1) is 26.8 Å². The molecule has 0 aliphatic carbocycles. The normalized spacial score (nSPS) is 10.7. The molecule has 28 heavy (non-hydrogen) atoms. The molecule has 0 fully saturated rings. The van der Waals surface area contributed by atoms with Crippen molar-refractivity contribution in [2.75, 3.05) is 46.9 Å². The summed E-state index contributed by atoms with van der Waals surface area (Å²) in [4.78, 5) is 20.7. The second kappa shape index (κ2) is 14.3. The van der Waals surface area contributed by atoms with Crippen LogP contribution in [0.25, 0.3) is 0 Å². The first-order valence-corrected chi connectivity index (χ1v) is 9.57. The number of nitrogens with one attached hydrogen (secondary N) is 1. The lowest BCUT2D eigenvalue weighted by Crippen LogP contribution is -2.45. The van der Waals surface area contributed by atoms with Crippen LogP contribution < -0.4 is 14.8 Å². The van der Waals surface area contributed by atoms with E-state index in [1.165, 1.54) is 0 Å². The second-order valence-corrected chi connectivity index (χ2v) is 6.01. The molecule has 0 atom stereocenters. The number of rotatable bonds is 10. The van der Waals surface area contributed by atoms with E-state index in [9.17, 15) is 4.79 Å². The Kier molecular flexibility index (Phi) is 13.4. The van der Waals surface area contributed by atoms with Gasteiger partial charge >= 0.3 is 0 Å². The lowest BCUT2D eigenvalue weighted by atomic mass is 10.2. The number of benzene rings is 1. The minimum Gasteiger partial charge on any atom is -0.493 e. The number of halogens is 1. The molecule has 1 N–H and O–H groups in total. The van der Waals surface area contributed by atoms with Crippen LogP contribution in [0.5, 0.6) is 11.5 Å². The third kappa shape index (κ3) is 8.12. The average Bonchev–Trinajstić information content (AvgIpc) is 2.67. The van der Waals surface area contributed by atoms with Crippen LogP contribution in [0.4, 0.5) is 0 Å². The van der Waals surface area contributed by atoms with Gasteiger partial charge in [0.15, 0.2) is 17.5 Å². The summed E-state index contributed by atoms with van der Waals surface area (Å²) in [6.07, 6.45) is 0. The van der Waals surface area contributed by atoms with E-state index in [2.05, 4.69) is 10.3 Å². The molecular formula is C20H35IN4O3. The van der Waals surface area contributed by atoms with Crippen molar-refractivity contribution in [3.05, 3.63) is 23.8 Å². The van der Waals surface area contributed by atoms with Gasteiger partial charge in [-0.15, -0.1) is 24.0 Å². The minimum atomic E-state index is 0. The summed E-state index contributed by atoms with van der Waals surface area (Å²) < 4.78 is 10.9. The number of nitrogens with zero attached hydrogens (tertiary/aromatic N) is 3. The van der Waals surface area contributed by atoms with Gasteiger partial charge in [-0.2, -0.15) is 0 Å². The van der Waals surface area contributed by atoms with E-state index < -0.39 is 0 Å². The molecule has 0 aliphatic rings. The molecule has 0 spiro atoms. The Morgan fingerprint density at radius 1 is 1.14 bits per heavy atom. The molecular weight excluding hydrogens is 471 g/mol. The first kappa shape index (κ1) is 26.3. The SMILES string of the molecule is CCNC(=NCc1ccc(OCC)c(OC)c1)N(C)CC(=O)N(CC)CC.I. The molecule has 8 heteroatoms. The minimum absolute atomic E-state index is 0. The van der Waals surface area contributed by atoms with E-state index in [0.29, 0.717) is 44.5 Å². The molecule has 7 nitrogen and oxygen atoms in total. The second-order valence-electron chi connectivity index (χ2n) is 6.01. The highest BCUT2D eigenvalue weighted by Crippen LogP contribution is 2.28.